The summed E-state index contributed by atoms with van der Waals surface area (Å²) in [5.74, 6) is 0.574. The summed E-state index contributed by atoms with van der Waals surface area (Å²) in [6.45, 7) is 8.10. The van der Waals surface area contributed by atoms with E-state index in [-0.39, 0.29) is 18.2 Å². The monoisotopic (exact) mass is 437 g/mol. The zero-order valence-electron chi connectivity index (χ0n) is 18.2. The molecule has 1 aromatic heterocycles. The van der Waals surface area contributed by atoms with E-state index in [9.17, 15) is 9.59 Å². The van der Waals surface area contributed by atoms with Crippen molar-refractivity contribution in [2.75, 3.05) is 17.2 Å². The summed E-state index contributed by atoms with van der Waals surface area (Å²) in [6, 6.07) is 14.8. The molecule has 0 saturated carbocycles. The minimum absolute atomic E-state index is 0.0606. The number of thiazole rings is 1. The Labute approximate surface area is 186 Å². The number of ether oxygens (including phenoxy) is 1. The van der Waals surface area contributed by atoms with Gasteiger partial charge in [0.05, 0.1) is 24.3 Å². The second-order valence-electron chi connectivity index (χ2n) is 8.08. The van der Waals surface area contributed by atoms with Crippen molar-refractivity contribution in [3.05, 3.63) is 59.6 Å². The SMILES string of the molecule is CCOc1ccccc1-c1nc(CC(=O)Nc2ccc(NC(=O)C(C)(C)C)cc2)cs1. The molecule has 2 amide bonds. The minimum Gasteiger partial charge on any atom is -0.493 e. The minimum atomic E-state index is -0.470. The summed E-state index contributed by atoms with van der Waals surface area (Å²) >= 11 is 1.49. The van der Waals surface area contributed by atoms with E-state index >= 15 is 0 Å². The standard InChI is InChI=1S/C24H27N3O3S/c1-5-30-20-9-7-6-8-19(20)22-26-18(15-31-22)14-21(28)25-16-10-12-17(13-11-16)27-23(29)24(2,3)4/h6-13,15H,5,14H2,1-4H3,(H,25,28)(H,27,29). The Morgan fingerprint density at radius 3 is 2.29 bits per heavy atom. The van der Waals surface area contributed by atoms with E-state index in [2.05, 4.69) is 15.6 Å². The number of nitrogens with one attached hydrogen (secondary N) is 2. The predicted octanol–water partition coefficient (Wildman–Crippen LogP) is 5.37. The summed E-state index contributed by atoms with van der Waals surface area (Å²) in [5.41, 5.74) is 2.51. The number of carbonyl (C=O) groups excluding carboxylic acids is 2. The van der Waals surface area contributed by atoms with Gasteiger partial charge >= 0.3 is 0 Å². The summed E-state index contributed by atoms with van der Waals surface area (Å²) in [6.07, 6.45) is 0.176. The molecule has 1 heterocycles. The number of aromatic nitrogens is 1. The Bertz CT molecular complexity index is 1050. The number of carbonyl (C=O) groups is 2. The first-order valence-electron chi connectivity index (χ1n) is 10.1. The molecule has 7 heteroatoms. The van der Waals surface area contributed by atoms with Crippen LogP contribution in [0.25, 0.3) is 10.6 Å². The lowest BCUT2D eigenvalue weighted by Crippen LogP contribution is -2.27. The zero-order chi connectivity index (χ0) is 22.4. The van der Waals surface area contributed by atoms with Gasteiger partial charge in [0.2, 0.25) is 11.8 Å². The van der Waals surface area contributed by atoms with Crippen LogP contribution in [0.3, 0.4) is 0 Å². The molecule has 2 aromatic carbocycles. The molecule has 162 valence electrons. The van der Waals surface area contributed by atoms with Gasteiger partial charge in [-0.3, -0.25) is 9.59 Å². The van der Waals surface area contributed by atoms with Gasteiger partial charge in [0, 0.05) is 22.2 Å². The molecule has 0 spiro atoms. The third kappa shape index (κ3) is 6.15. The number of hydrogen-bond donors (Lipinski definition) is 2. The molecule has 6 nitrogen and oxygen atoms in total. The Morgan fingerprint density at radius 2 is 1.65 bits per heavy atom. The summed E-state index contributed by atoms with van der Waals surface area (Å²) in [4.78, 5) is 29.1. The van der Waals surface area contributed by atoms with E-state index in [1.54, 1.807) is 24.3 Å². The second-order valence-corrected chi connectivity index (χ2v) is 8.94. The summed E-state index contributed by atoms with van der Waals surface area (Å²) < 4.78 is 5.67. The van der Waals surface area contributed by atoms with Crippen LogP contribution in [0.4, 0.5) is 11.4 Å². The van der Waals surface area contributed by atoms with Crippen LogP contribution < -0.4 is 15.4 Å². The molecule has 0 saturated heterocycles. The van der Waals surface area contributed by atoms with Crippen LogP contribution in [0.1, 0.15) is 33.4 Å². The van der Waals surface area contributed by atoms with Crippen molar-refractivity contribution >= 4 is 34.5 Å². The molecule has 0 radical (unpaired) electrons. The average molecular weight is 438 g/mol. The predicted molar refractivity (Wildman–Crippen MR) is 126 cm³/mol. The molecule has 3 rings (SSSR count). The van der Waals surface area contributed by atoms with Gasteiger partial charge in [-0.2, -0.15) is 0 Å². The Morgan fingerprint density at radius 1 is 1.00 bits per heavy atom. The highest BCUT2D eigenvalue weighted by Gasteiger charge is 2.21. The number of anilines is 2. The van der Waals surface area contributed by atoms with Gasteiger partial charge in [-0.15, -0.1) is 11.3 Å². The van der Waals surface area contributed by atoms with Gasteiger partial charge in [-0.25, -0.2) is 4.98 Å². The van der Waals surface area contributed by atoms with Crippen molar-refractivity contribution in [3.63, 3.8) is 0 Å². The smallest absolute Gasteiger partial charge is 0.230 e. The van der Waals surface area contributed by atoms with Crippen LogP contribution >= 0.6 is 11.3 Å². The Balaban J connectivity index is 1.60. The Hall–Kier alpha value is -3.19. The van der Waals surface area contributed by atoms with Gasteiger partial charge in [-0.1, -0.05) is 32.9 Å². The maximum Gasteiger partial charge on any atom is 0.230 e. The fraction of sp³-hybridized carbons (Fsp3) is 0.292. The lowest BCUT2D eigenvalue weighted by atomic mass is 9.95. The number of hydrogen-bond acceptors (Lipinski definition) is 5. The van der Waals surface area contributed by atoms with Gasteiger partial charge < -0.3 is 15.4 Å². The van der Waals surface area contributed by atoms with Crippen LogP contribution in [-0.4, -0.2) is 23.4 Å². The largest absolute Gasteiger partial charge is 0.493 e. The highest BCUT2D eigenvalue weighted by molar-refractivity contribution is 7.13. The first-order chi connectivity index (χ1) is 14.8. The molecule has 0 fully saturated rings. The van der Waals surface area contributed by atoms with E-state index in [0.717, 1.165) is 16.3 Å². The fourth-order valence-electron chi connectivity index (χ4n) is 2.76. The van der Waals surface area contributed by atoms with Gasteiger partial charge in [0.25, 0.3) is 0 Å². The topological polar surface area (TPSA) is 80.3 Å². The van der Waals surface area contributed by atoms with Crippen molar-refractivity contribution in [3.8, 4) is 16.3 Å². The number of nitrogens with zero attached hydrogens (tertiary/aromatic N) is 1. The highest BCUT2D eigenvalue weighted by Crippen LogP contribution is 2.32. The van der Waals surface area contributed by atoms with Crippen molar-refractivity contribution in [2.24, 2.45) is 5.41 Å². The summed E-state index contributed by atoms with van der Waals surface area (Å²) in [5, 5.41) is 8.45. The molecule has 31 heavy (non-hydrogen) atoms. The average Bonchev–Trinajstić information content (AvgIpc) is 3.17. The second kappa shape index (κ2) is 9.75. The maximum absolute atomic E-state index is 12.5. The zero-order valence-corrected chi connectivity index (χ0v) is 19.0. The molecular weight excluding hydrogens is 410 g/mol. The molecule has 3 aromatic rings. The van der Waals surface area contributed by atoms with Crippen LogP contribution in [0.15, 0.2) is 53.9 Å². The lowest BCUT2D eigenvalue weighted by Gasteiger charge is -2.17. The quantitative estimate of drug-likeness (QED) is 0.520. The molecule has 2 N–H and O–H groups in total. The van der Waals surface area contributed by atoms with Gasteiger partial charge in [0.15, 0.2) is 0 Å². The van der Waals surface area contributed by atoms with Crippen LogP contribution in [0.5, 0.6) is 5.75 Å². The highest BCUT2D eigenvalue weighted by atomic mass is 32.1. The Kier molecular flexibility index (Phi) is 7.07. The summed E-state index contributed by atoms with van der Waals surface area (Å²) in [7, 11) is 0. The van der Waals surface area contributed by atoms with Crippen molar-refractivity contribution in [1.29, 1.82) is 0 Å². The number of rotatable bonds is 7. The van der Waals surface area contributed by atoms with Gasteiger partial charge in [-0.05, 0) is 43.3 Å². The van der Waals surface area contributed by atoms with Crippen LogP contribution in [0, 0.1) is 5.41 Å². The number of benzene rings is 2. The first-order valence-corrected chi connectivity index (χ1v) is 11.0. The van der Waals surface area contributed by atoms with E-state index in [1.165, 1.54) is 11.3 Å². The van der Waals surface area contributed by atoms with Crippen LogP contribution in [0.2, 0.25) is 0 Å². The number of amides is 2. The van der Waals surface area contributed by atoms with Crippen molar-refractivity contribution in [2.45, 2.75) is 34.1 Å². The maximum atomic E-state index is 12.5. The number of para-hydroxylation sites is 1. The van der Waals surface area contributed by atoms with E-state index in [1.807, 2.05) is 57.3 Å². The molecule has 0 aliphatic rings. The molecule has 0 aliphatic carbocycles. The molecule has 0 aliphatic heterocycles. The van der Waals surface area contributed by atoms with E-state index < -0.39 is 5.41 Å². The normalized spacial score (nSPS) is 11.1. The van der Waals surface area contributed by atoms with Crippen molar-refractivity contribution in [1.82, 2.24) is 4.98 Å². The third-order valence-electron chi connectivity index (χ3n) is 4.42. The lowest BCUT2D eigenvalue weighted by molar-refractivity contribution is -0.123. The first kappa shape index (κ1) is 22.5. The van der Waals surface area contributed by atoms with Crippen molar-refractivity contribution < 1.29 is 14.3 Å². The molecule has 0 atom stereocenters. The molecule has 0 unspecified atom stereocenters. The van der Waals surface area contributed by atoms with E-state index in [4.69, 9.17) is 4.74 Å². The van der Waals surface area contributed by atoms with Gasteiger partial charge in [0.1, 0.15) is 10.8 Å². The molecular formula is C24H27N3O3S. The van der Waals surface area contributed by atoms with E-state index in [0.29, 0.717) is 23.7 Å². The third-order valence-corrected chi connectivity index (χ3v) is 5.34. The van der Waals surface area contributed by atoms with Crippen LogP contribution in [-0.2, 0) is 16.0 Å². The molecule has 0 bridgehead atoms. The fourth-order valence-corrected chi connectivity index (χ4v) is 3.61.